The normalized spacial score (nSPS) is 16.1. The van der Waals surface area contributed by atoms with Crippen LogP contribution in [0.3, 0.4) is 0 Å². The Labute approximate surface area is 173 Å². The van der Waals surface area contributed by atoms with Gasteiger partial charge in [0.05, 0.1) is 22.3 Å². The number of nitrogens with zero attached hydrogens (tertiary/aromatic N) is 4. The summed E-state index contributed by atoms with van der Waals surface area (Å²) in [5.74, 6) is -0.0912. The second-order valence-corrected chi connectivity index (χ2v) is 7.73. The molecule has 0 saturated heterocycles. The number of halogens is 1. The quantitative estimate of drug-likeness (QED) is 0.573. The van der Waals surface area contributed by atoms with Crippen LogP contribution in [-0.4, -0.2) is 31.6 Å². The summed E-state index contributed by atoms with van der Waals surface area (Å²) in [5.41, 5.74) is 0.0285. The maximum atomic E-state index is 12.7. The zero-order valence-electron chi connectivity index (χ0n) is 16.3. The van der Waals surface area contributed by atoms with E-state index in [1.165, 1.54) is 16.7 Å². The first-order chi connectivity index (χ1) is 13.9. The van der Waals surface area contributed by atoms with Gasteiger partial charge in [-0.2, -0.15) is 15.0 Å². The number of aromatic nitrogens is 3. The monoisotopic (exact) mass is 417 g/mol. The van der Waals surface area contributed by atoms with Crippen molar-refractivity contribution in [3.8, 4) is 11.8 Å². The molecule has 9 heteroatoms. The molecule has 1 aliphatic rings. The topological polar surface area (TPSA) is 113 Å². The highest BCUT2D eigenvalue weighted by Gasteiger charge is 2.24. The molecule has 2 aromatic rings. The molecule has 1 fully saturated rings. The lowest BCUT2D eigenvalue weighted by atomic mass is 9.98. The molecule has 8 nitrogen and oxygen atoms in total. The summed E-state index contributed by atoms with van der Waals surface area (Å²) in [6, 6.07) is 6.47. The van der Waals surface area contributed by atoms with Gasteiger partial charge in [-0.3, -0.25) is 9.36 Å². The lowest BCUT2D eigenvalue weighted by Crippen LogP contribution is -2.40. The van der Waals surface area contributed by atoms with Crippen LogP contribution < -0.4 is 11.0 Å². The Morgan fingerprint density at radius 3 is 2.72 bits per heavy atom. The molecule has 1 aliphatic carbocycles. The van der Waals surface area contributed by atoms with Gasteiger partial charge in [-0.1, -0.05) is 37.3 Å². The van der Waals surface area contributed by atoms with E-state index in [1.807, 2.05) is 6.07 Å². The summed E-state index contributed by atoms with van der Waals surface area (Å²) in [4.78, 5) is 25.2. The number of aryl methyl sites for hydroxylation is 1. The molecule has 0 radical (unpaired) electrons. The Morgan fingerprint density at radius 2 is 2.07 bits per heavy atom. The number of aliphatic hydroxyl groups excluding tert-OH is 1. The van der Waals surface area contributed by atoms with Crippen molar-refractivity contribution >= 4 is 17.5 Å². The average Bonchev–Trinajstić information content (AvgIpc) is 2.89. The van der Waals surface area contributed by atoms with Crippen molar-refractivity contribution < 1.29 is 9.90 Å². The number of nitriles is 1. The van der Waals surface area contributed by atoms with Gasteiger partial charge in [-0.05, 0) is 38.0 Å². The van der Waals surface area contributed by atoms with E-state index in [4.69, 9.17) is 16.9 Å². The van der Waals surface area contributed by atoms with Crippen LogP contribution in [0, 0.1) is 24.2 Å². The Balaban J connectivity index is 1.84. The summed E-state index contributed by atoms with van der Waals surface area (Å²) >= 11 is 6.20. The Bertz CT molecular complexity index is 983. The highest BCUT2D eigenvalue weighted by Crippen LogP contribution is 2.25. The van der Waals surface area contributed by atoms with Crippen molar-refractivity contribution in [2.24, 2.45) is 5.92 Å². The van der Waals surface area contributed by atoms with Gasteiger partial charge in [0.15, 0.2) is 0 Å². The predicted molar refractivity (Wildman–Crippen MR) is 108 cm³/mol. The molecule has 0 spiro atoms. The first-order valence-electron chi connectivity index (χ1n) is 9.74. The molecule has 0 bridgehead atoms. The van der Waals surface area contributed by atoms with E-state index in [-0.39, 0.29) is 23.0 Å². The van der Waals surface area contributed by atoms with Crippen LogP contribution in [0.2, 0.25) is 5.02 Å². The fourth-order valence-electron chi connectivity index (χ4n) is 3.69. The lowest BCUT2D eigenvalue weighted by Gasteiger charge is -2.22. The molecule has 1 saturated carbocycles. The fraction of sp³-hybridized carbons (Fsp3) is 0.500. The second kappa shape index (κ2) is 9.25. The Kier molecular flexibility index (Phi) is 6.72. The van der Waals surface area contributed by atoms with Gasteiger partial charge in [0.2, 0.25) is 0 Å². The van der Waals surface area contributed by atoms with E-state index < -0.39 is 17.8 Å². The number of carbonyl (C=O) groups is 1. The maximum Gasteiger partial charge on any atom is 0.351 e. The first-order valence-corrected chi connectivity index (χ1v) is 10.1. The molecule has 29 heavy (non-hydrogen) atoms. The highest BCUT2D eigenvalue weighted by atomic mass is 35.5. The molecule has 154 valence electrons. The molecule has 2 N–H and O–H groups in total. The van der Waals surface area contributed by atoms with Crippen LogP contribution >= 0.6 is 11.6 Å². The number of hydrogen-bond acceptors (Lipinski definition) is 5. The zero-order valence-corrected chi connectivity index (χ0v) is 17.0. The van der Waals surface area contributed by atoms with Crippen LogP contribution in [-0.2, 0) is 6.54 Å². The summed E-state index contributed by atoms with van der Waals surface area (Å²) in [6.07, 6.45) is 5.19. The molecule has 1 unspecified atom stereocenters. The van der Waals surface area contributed by atoms with Crippen LogP contribution in [0.5, 0.6) is 0 Å². The standard InChI is InChI=1S/C20H24ClN5O3/c1-13-24-26(20(29)25(13)11-10-22)15-8-9-17(21)16(12-15)19(28)23-18(27)14-6-4-2-3-5-7-14/h8-9,12,14,18,27H,2-7,11H2,1H3,(H,23,28). The van der Waals surface area contributed by atoms with Gasteiger partial charge < -0.3 is 10.4 Å². The van der Waals surface area contributed by atoms with Gasteiger partial charge in [0, 0.05) is 5.92 Å². The molecule has 1 aromatic heterocycles. The third kappa shape index (κ3) is 4.69. The first kappa shape index (κ1) is 21.1. The third-order valence-corrected chi connectivity index (χ3v) is 5.67. The SMILES string of the molecule is Cc1nn(-c2ccc(Cl)c(C(=O)NC(O)C3CCCCCC3)c2)c(=O)n1CC#N. The average molecular weight is 418 g/mol. The van der Waals surface area contributed by atoms with Crippen LogP contribution in [0.25, 0.3) is 5.69 Å². The molecular weight excluding hydrogens is 394 g/mol. The Hall–Kier alpha value is -2.63. The van der Waals surface area contributed by atoms with Gasteiger partial charge in [0.25, 0.3) is 5.91 Å². The van der Waals surface area contributed by atoms with E-state index in [9.17, 15) is 14.7 Å². The van der Waals surface area contributed by atoms with E-state index in [1.54, 1.807) is 13.0 Å². The molecule has 0 aliphatic heterocycles. The van der Waals surface area contributed by atoms with Gasteiger partial charge in [0.1, 0.15) is 18.6 Å². The molecule has 3 rings (SSSR count). The number of aliphatic hydroxyl groups is 1. The summed E-state index contributed by atoms with van der Waals surface area (Å²) in [7, 11) is 0. The van der Waals surface area contributed by atoms with Crippen molar-refractivity contribution in [3.63, 3.8) is 0 Å². The van der Waals surface area contributed by atoms with Crippen molar-refractivity contribution in [2.75, 3.05) is 0 Å². The Morgan fingerprint density at radius 1 is 1.38 bits per heavy atom. The van der Waals surface area contributed by atoms with Crippen molar-refractivity contribution in [3.05, 3.63) is 45.1 Å². The minimum atomic E-state index is -0.944. The van der Waals surface area contributed by atoms with Crippen LogP contribution in [0.15, 0.2) is 23.0 Å². The van der Waals surface area contributed by atoms with E-state index >= 15 is 0 Å². The van der Waals surface area contributed by atoms with Gasteiger partial charge in [-0.25, -0.2) is 4.79 Å². The van der Waals surface area contributed by atoms with E-state index in [0.29, 0.717) is 11.5 Å². The molecule has 1 heterocycles. The largest absolute Gasteiger partial charge is 0.373 e. The van der Waals surface area contributed by atoms with Crippen molar-refractivity contribution in [1.82, 2.24) is 19.7 Å². The zero-order chi connectivity index (χ0) is 21.0. The van der Waals surface area contributed by atoms with E-state index in [0.717, 1.165) is 43.2 Å². The molecule has 1 amide bonds. The molecular formula is C20H24ClN5O3. The summed E-state index contributed by atoms with van der Waals surface area (Å²) < 4.78 is 2.37. The number of amides is 1. The number of hydrogen-bond donors (Lipinski definition) is 2. The minimum absolute atomic E-state index is 0.0235. The van der Waals surface area contributed by atoms with Crippen LogP contribution in [0.1, 0.15) is 54.7 Å². The van der Waals surface area contributed by atoms with Gasteiger partial charge in [-0.15, -0.1) is 0 Å². The predicted octanol–water partition coefficient (Wildman–Crippen LogP) is 2.54. The fourth-order valence-corrected chi connectivity index (χ4v) is 3.89. The summed E-state index contributed by atoms with van der Waals surface area (Å²) in [6.45, 7) is 1.51. The summed E-state index contributed by atoms with van der Waals surface area (Å²) in [5, 5.41) is 26.4. The molecule has 1 aromatic carbocycles. The molecule has 1 atom stereocenters. The number of benzene rings is 1. The number of nitrogens with one attached hydrogen (secondary N) is 1. The minimum Gasteiger partial charge on any atom is -0.373 e. The second-order valence-electron chi connectivity index (χ2n) is 7.32. The number of rotatable bonds is 5. The van der Waals surface area contributed by atoms with Crippen LogP contribution in [0.4, 0.5) is 0 Å². The van der Waals surface area contributed by atoms with E-state index in [2.05, 4.69) is 10.4 Å². The third-order valence-electron chi connectivity index (χ3n) is 5.34. The lowest BCUT2D eigenvalue weighted by molar-refractivity contribution is 0.0532. The van der Waals surface area contributed by atoms with Crippen molar-refractivity contribution in [1.29, 1.82) is 5.26 Å². The maximum absolute atomic E-state index is 12.7. The smallest absolute Gasteiger partial charge is 0.351 e. The highest BCUT2D eigenvalue weighted by molar-refractivity contribution is 6.33. The van der Waals surface area contributed by atoms with Crippen molar-refractivity contribution in [2.45, 2.75) is 58.2 Å². The van der Waals surface area contributed by atoms with Gasteiger partial charge >= 0.3 is 5.69 Å². The number of carbonyl (C=O) groups excluding carboxylic acids is 1.